The van der Waals surface area contributed by atoms with Gasteiger partial charge < -0.3 is 0 Å². The van der Waals surface area contributed by atoms with Gasteiger partial charge in [0.05, 0.1) is 0 Å². The van der Waals surface area contributed by atoms with Gasteiger partial charge in [0, 0.05) is 5.92 Å². The lowest BCUT2D eigenvalue weighted by Gasteiger charge is -2.11. The highest BCUT2D eigenvalue weighted by atomic mass is 14.1. The molecule has 0 nitrogen and oxygen atoms in total. The van der Waals surface area contributed by atoms with Gasteiger partial charge in [-0.25, -0.2) is 0 Å². The maximum Gasteiger partial charge on any atom is 0.00241 e. The summed E-state index contributed by atoms with van der Waals surface area (Å²) in [6.45, 7) is 6.21. The molecule has 1 aliphatic carbocycles. The second-order valence-corrected chi connectivity index (χ2v) is 3.95. The Morgan fingerprint density at radius 2 is 1.75 bits per heavy atom. The normalized spacial score (nSPS) is 19.2. The van der Waals surface area contributed by atoms with Gasteiger partial charge in [-0.1, -0.05) is 68.0 Å². The number of hydrogen-bond donors (Lipinski definition) is 0. The molecule has 2 rings (SSSR count). The van der Waals surface area contributed by atoms with E-state index in [0.29, 0.717) is 5.92 Å². The van der Waals surface area contributed by atoms with Crippen LogP contribution in [0.3, 0.4) is 0 Å². The van der Waals surface area contributed by atoms with E-state index in [-0.39, 0.29) is 0 Å². The van der Waals surface area contributed by atoms with Gasteiger partial charge in [-0.3, -0.25) is 0 Å². The van der Waals surface area contributed by atoms with Gasteiger partial charge in [0.1, 0.15) is 0 Å². The van der Waals surface area contributed by atoms with Crippen LogP contribution in [0.4, 0.5) is 0 Å². The first-order chi connectivity index (χ1) is 7.86. The Morgan fingerprint density at radius 3 is 2.44 bits per heavy atom. The minimum Gasteiger partial charge on any atom is -0.0770 e. The van der Waals surface area contributed by atoms with Gasteiger partial charge in [-0.2, -0.15) is 0 Å². The van der Waals surface area contributed by atoms with Crippen LogP contribution in [0, 0.1) is 0 Å². The van der Waals surface area contributed by atoms with Gasteiger partial charge in [-0.05, 0) is 25.3 Å². The van der Waals surface area contributed by atoms with Crippen molar-refractivity contribution in [2.24, 2.45) is 0 Å². The van der Waals surface area contributed by atoms with Crippen LogP contribution in [0.15, 0.2) is 54.1 Å². The SMILES string of the molecule is CC.CC1=CC=CC(c2ccccc2)CC1. The fraction of sp³-hybridized carbons (Fsp3) is 0.375. The average Bonchev–Trinajstić information content (AvgIpc) is 2.58. The quantitative estimate of drug-likeness (QED) is 0.610. The van der Waals surface area contributed by atoms with Crippen LogP contribution in [0.5, 0.6) is 0 Å². The predicted octanol–water partition coefficient (Wildman–Crippen LogP) is 5.09. The summed E-state index contributed by atoms with van der Waals surface area (Å²) in [4.78, 5) is 0. The van der Waals surface area contributed by atoms with Gasteiger partial charge in [-0.15, -0.1) is 0 Å². The summed E-state index contributed by atoms with van der Waals surface area (Å²) in [6.07, 6.45) is 9.18. The largest absolute Gasteiger partial charge is 0.0770 e. The molecule has 0 saturated carbocycles. The van der Waals surface area contributed by atoms with E-state index in [2.05, 4.69) is 55.5 Å². The van der Waals surface area contributed by atoms with Crippen LogP contribution in [0.25, 0.3) is 0 Å². The minimum absolute atomic E-state index is 0.602. The van der Waals surface area contributed by atoms with Crippen molar-refractivity contribution >= 4 is 0 Å². The zero-order chi connectivity index (χ0) is 11.8. The molecule has 0 bridgehead atoms. The zero-order valence-electron chi connectivity index (χ0n) is 10.6. The van der Waals surface area contributed by atoms with Gasteiger partial charge in [0.15, 0.2) is 0 Å². The van der Waals surface area contributed by atoms with E-state index in [1.807, 2.05) is 13.8 Å². The smallest absolute Gasteiger partial charge is 0.00241 e. The third-order valence-electron chi connectivity index (χ3n) is 2.80. The Kier molecular flexibility index (Phi) is 5.63. The second kappa shape index (κ2) is 7.05. The lowest BCUT2D eigenvalue weighted by molar-refractivity contribution is 0.737. The van der Waals surface area contributed by atoms with E-state index in [1.165, 1.54) is 24.0 Å². The molecule has 0 spiro atoms. The summed E-state index contributed by atoms with van der Waals surface area (Å²) in [5.41, 5.74) is 2.92. The van der Waals surface area contributed by atoms with Crippen molar-refractivity contribution in [2.75, 3.05) is 0 Å². The standard InChI is InChI=1S/C14H16.C2H6/c1-12-6-5-9-14(11-10-12)13-7-3-2-4-8-13;1-2/h2-9,14H,10-11H2,1H3;1-2H3. The molecule has 0 N–H and O–H groups in total. The molecule has 86 valence electrons. The average molecular weight is 214 g/mol. The van der Waals surface area contributed by atoms with E-state index >= 15 is 0 Å². The summed E-state index contributed by atoms with van der Waals surface area (Å²) in [6, 6.07) is 10.8. The van der Waals surface area contributed by atoms with Crippen LogP contribution in [0.2, 0.25) is 0 Å². The molecule has 0 aromatic heterocycles. The molecule has 0 heteroatoms. The molecular formula is C16H22. The summed E-state index contributed by atoms with van der Waals surface area (Å²) in [7, 11) is 0. The summed E-state index contributed by atoms with van der Waals surface area (Å²) >= 11 is 0. The van der Waals surface area contributed by atoms with Crippen molar-refractivity contribution in [1.82, 2.24) is 0 Å². The van der Waals surface area contributed by atoms with Crippen molar-refractivity contribution in [3.63, 3.8) is 0 Å². The van der Waals surface area contributed by atoms with E-state index in [0.717, 1.165) is 0 Å². The molecule has 1 atom stereocenters. The minimum atomic E-state index is 0.602. The molecule has 0 fully saturated rings. The first-order valence-electron chi connectivity index (χ1n) is 6.25. The van der Waals surface area contributed by atoms with Crippen molar-refractivity contribution in [2.45, 2.75) is 39.5 Å². The maximum atomic E-state index is 2.31. The Morgan fingerprint density at radius 1 is 1.06 bits per heavy atom. The third kappa shape index (κ3) is 3.69. The Hall–Kier alpha value is -1.30. The molecule has 1 aromatic carbocycles. The molecule has 0 saturated heterocycles. The van der Waals surface area contributed by atoms with Crippen LogP contribution in [-0.2, 0) is 0 Å². The molecule has 1 aromatic rings. The first kappa shape index (κ1) is 12.8. The molecule has 0 amide bonds. The number of benzene rings is 1. The van der Waals surface area contributed by atoms with E-state index in [1.54, 1.807) is 0 Å². The van der Waals surface area contributed by atoms with Crippen molar-refractivity contribution in [1.29, 1.82) is 0 Å². The van der Waals surface area contributed by atoms with Gasteiger partial charge in [0.25, 0.3) is 0 Å². The van der Waals surface area contributed by atoms with E-state index < -0.39 is 0 Å². The first-order valence-corrected chi connectivity index (χ1v) is 6.25. The molecule has 0 aliphatic heterocycles. The fourth-order valence-corrected chi connectivity index (χ4v) is 1.89. The molecule has 0 radical (unpaired) electrons. The molecule has 0 heterocycles. The zero-order valence-corrected chi connectivity index (χ0v) is 10.6. The van der Waals surface area contributed by atoms with Crippen LogP contribution >= 0.6 is 0 Å². The molecule has 16 heavy (non-hydrogen) atoms. The Labute approximate surface area is 99.7 Å². The third-order valence-corrected chi connectivity index (χ3v) is 2.80. The Bertz CT molecular complexity index is 344. The second-order valence-electron chi connectivity index (χ2n) is 3.95. The maximum absolute atomic E-state index is 2.31. The summed E-state index contributed by atoms with van der Waals surface area (Å²) in [5, 5.41) is 0. The van der Waals surface area contributed by atoms with Crippen LogP contribution in [0.1, 0.15) is 45.1 Å². The highest BCUT2D eigenvalue weighted by Crippen LogP contribution is 2.26. The molecular weight excluding hydrogens is 192 g/mol. The monoisotopic (exact) mass is 214 g/mol. The van der Waals surface area contributed by atoms with Gasteiger partial charge >= 0.3 is 0 Å². The van der Waals surface area contributed by atoms with Crippen molar-refractivity contribution in [3.8, 4) is 0 Å². The highest BCUT2D eigenvalue weighted by Gasteiger charge is 2.08. The molecule has 1 aliphatic rings. The number of hydrogen-bond acceptors (Lipinski definition) is 0. The van der Waals surface area contributed by atoms with E-state index in [9.17, 15) is 0 Å². The predicted molar refractivity (Wildman–Crippen MR) is 72.7 cm³/mol. The number of allylic oxidation sites excluding steroid dienone is 4. The fourth-order valence-electron chi connectivity index (χ4n) is 1.89. The lowest BCUT2D eigenvalue weighted by Crippen LogP contribution is -1.93. The molecule has 1 unspecified atom stereocenters. The van der Waals surface area contributed by atoms with Crippen LogP contribution < -0.4 is 0 Å². The lowest BCUT2D eigenvalue weighted by atomic mass is 9.94. The topological polar surface area (TPSA) is 0 Å². The summed E-state index contributed by atoms with van der Waals surface area (Å²) < 4.78 is 0. The van der Waals surface area contributed by atoms with Crippen LogP contribution in [-0.4, -0.2) is 0 Å². The van der Waals surface area contributed by atoms with Crippen molar-refractivity contribution < 1.29 is 0 Å². The highest BCUT2D eigenvalue weighted by molar-refractivity contribution is 5.27. The Balaban J connectivity index is 0.000000606. The van der Waals surface area contributed by atoms with Crippen molar-refractivity contribution in [3.05, 3.63) is 59.7 Å². The van der Waals surface area contributed by atoms with E-state index in [4.69, 9.17) is 0 Å². The summed E-state index contributed by atoms with van der Waals surface area (Å²) in [5.74, 6) is 0.602. The van der Waals surface area contributed by atoms with Gasteiger partial charge in [0.2, 0.25) is 0 Å². The number of rotatable bonds is 1.